The number of carboxylic acid groups (broad SMARTS) is 1. The molecule has 22 nitrogen and oxygen atoms in total. The number of esters is 2. The number of ketones is 2. The second-order valence-electron chi connectivity index (χ2n) is 26.9. The van der Waals surface area contributed by atoms with Crippen LogP contribution in [0.25, 0.3) is 0 Å². The first-order valence-corrected chi connectivity index (χ1v) is 35.8. The minimum absolute atomic E-state index is 0.00168. The maximum Gasteiger partial charge on any atom is 0.407 e. The van der Waals surface area contributed by atoms with Crippen molar-refractivity contribution < 1.29 is 111 Å². The monoisotopic (exact) mass is 1520 g/mol. The molecule has 10 atom stereocenters. The zero-order valence-corrected chi connectivity index (χ0v) is 63.0. The van der Waals surface area contributed by atoms with Crippen LogP contribution in [0.2, 0.25) is 0 Å². The number of likely N-dealkylation sites (N-methyl/N-ethyl adjacent to an activating group) is 2. The number of Topliss-reactive ketones (excluding diaryl/α,β-unsaturated/α-hetero) is 2. The van der Waals surface area contributed by atoms with E-state index in [0.29, 0.717) is 24.4 Å². The number of amides is 4. The zero-order chi connectivity index (χ0) is 78.9. The number of ether oxygens (including phenoxy) is 4. The highest BCUT2D eigenvalue weighted by Crippen LogP contribution is 2.39. The molecular formula is C70H94F10N8O14S2. The van der Waals surface area contributed by atoms with E-state index in [1.54, 1.807) is 37.7 Å². The number of likely N-dealkylation sites (tertiary alicyclic amines) is 2. The fourth-order valence-corrected chi connectivity index (χ4v) is 13.8. The van der Waals surface area contributed by atoms with Gasteiger partial charge in [-0.15, -0.1) is 22.7 Å². The molecule has 4 heterocycles. The summed E-state index contributed by atoms with van der Waals surface area (Å²) >= 11 is 1.93. The van der Waals surface area contributed by atoms with Crippen LogP contribution in [-0.2, 0) is 33.4 Å². The third kappa shape index (κ3) is 21.7. The summed E-state index contributed by atoms with van der Waals surface area (Å²) in [6, 6.07) is -0.915. The number of alkyl carbamates (subject to hydrolysis) is 2. The quantitative estimate of drug-likeness (QED) is 0.0144. The first kappa shape index (κ1) is 88.5. The number of carboxylic acids is 1. The predicted molar refractivity (Wildman–Crippen MR) is 363 cm³/mol. The van der Waals surface area contributed by atoms with Crippen LogP contribution in [0, 0.1) is 93.7 Å². The standard InChI is InChI=1S/C34H45F5N4O6S.C28H46N4O6S.C8H3F5O2/c1-9-18(5)19(14-23(44)34(6)12-11-13-42(34)7)31(45)43(8)21(17(3)4)15-22(48-33(47)40-10-2)30-41-20(16-50-30)32(46)49-29-27(38)25(36)24(35)26(37)28(29)39;1-9-18(5)19(14-23(33)28(6)12-11-13-31(28)7)25(34)32(8)21(17(3)4)15-22(38-27(37)29-10-2)24-30-20(16-39-24)26(35)36;1-2(14)15-8-6(12)4(10)3(9)5(11)7(8)13/h16-19,21-22H,9-15H2,1-8H3,(H,40,47);16-19,21-22H,9-15H2,1-8H3,(H,29,37)(H,35,36);1H3/t18-,19-,21+,22+,34+;18-,19-,21+,22+,28+;/m00./s1. The molecule has 0 bridgehead atoms. The number of hydrogen-bond donors (Lipinski definition) is 3. The van der Waals surface area contributed by atoms with Gasteiger partial charge in [0.25, 0.3) is 0 Å². The van der Waals surface area contributed by atoms with E-state index in [4.69, 9.17) is 9.47 Å². The molecule has 0 saturated carbocycles. The first-order chi connectivity index (χ1) is 48.5. The highest BCUT2D eigenvalue weighted by molar-refractivity contribution is 7.10. The second kappa shape index (κ2) is 39.0. The Bertz CT molecular complexity index is 3660. The zero-order valence-electron chi connectivity index (χ0n) is 61.4. The number of carbonyl (C=O) groups excluding carboxylic acids is 8. The van der Waals surface area contributed by atoms with Crippen LogP contribution in [0.1, 0.15) is 197 Å². The van der Waals surface area contributed by atoms with Crippen LogP contribution in [0.4, 0.5) is 53.5 Å². The van der Waals surface area contributed by atoms with Gasteiger partial charge in [0.15, 0.2) is 35.2 Å². The maximum atomic E-state index is 14.2. The molecule has 2 aromatic heterocycles. The van der Waals surface area contributed by atoms with Crippen molar-refractivity contribution in [2.75, 3.05) is 54.4 Å². The van der Waals surface area contributed by atoms with E-state index < -0.39 is 147 Å². The summed E-state index contributed by atoms with van der Waals surface area (Å²) in [6.07, 6.45) is 1.78. The number of thiazole rings is 2. The summed E-state index contributed by atoms with van der Waals surface area (Å²) in [7, 11) is 7.23. The van der Waals surface area contributed by atoms with E-state index in [-0.39, 0.29) is 96.0 Å². The van der Waals surface area contributed by atoms with Gasteiger partial charge >= 0.3 is 30.1 Å². The lowest BCUT2D eigenvalue weighted by molar-refractivity contribution is -0.144. The van der Waals surface area contributed by atoms with Gasteiger partial charge in [0.05, 0.1) is 11.1 Å². The van der Waals surface area contributed by atoms with E-state index in [9.17, 15) is 92.2 Å². The van der Waals surface area contributed by atoms with Crippen molar-refractivity contribution in [3.8, 4) is 11.5 Å². The molecule has 104 heavy (non-hydrogen) atoms. The molecule has 0 unspecified atom stereocenters. The van der Waals surface area contributed by atoms with Crippen molar-refractivity contribution in [3.05, 3.63) is 90.3 Å². The van der Waals surface area contributed by atoms with E-state index >= 15 is 0 Å². The molecule has 4 amide bonds. The highest BCUT2D eigenvalue weighted by atomic mass is 32.1. The number of benzene rings is 2. The van der Waals surface area contributed by atoms with Gasteiger partial charge in [-0.1, -0.05) is 68.2 Å². The van der Waals surface area contributed by atoms with Gasteiger partial charge in [-0.3, -0.25) is 33.8 Å². The van der Waals surface area contributed by atoms with Crippen molar-refractivity contribution in [1.29, 1.82) is 0 Å². The minimum atomic E-state index is -2.41. The summed E-state index contributed by atoms with van der Waals surface area (Å²) < 4.78 is 152. The van der Waals surface area contributed by atoms with Crippen LogP contribution < -0.4 is 20.1 Å². The number of halogens is 10. The van der Waals surface area contributed by atoms with Crippen LogP contribution in [-0.4, -0.2) is 166 Å². The summed E-state index contributed by atoms with van der Waals surface area (Å²) in [5.74, 6) is -31.6. The average molecular weight is 1530 g/mol. The lowest BCUT2D eigenvalue weighted by atomic mass is 9.80. The van der Waals surface area contributed by atoms with E-state index in [1.807, 2.05) is 88.2 Å². The Morgan fingerprint density at radius 2 is 0.875 bits per heavy atom. The normalized spacial score (nSPS) is 18.3. The Kier molecular flexibility index (Phi) is 33.2. The molecular weight excluding hydrogens is 1430 g/mol. The Morgan fingerprint density at radius 1 is 0.548 bits per heavy atom. The molecule has 2 aliphatic heterocycles. The van der Waals surface area contributed by atoms with Crippen LogP contribution in [0.3, 0.4) is 0 Å². The Balaban J connectivity index is 0.000000374. The number of rotatable bonds is 30. The molecule has 0 spiro atoms. The molecule has 2 saturated heterocycles. The van der Waals surface area contributed by atoms with Crippen molar-refractivity contribution in [1.82, 2.24) is 40.2 Å². The van der Waals surface area contributed by atoms with Gasteiger partial charge in [-0.25, -0.2) is 55.5 Å². The number of hydrogen-bond acceptors (Lipinski definition) is 19. The molecule has 580 valence electrons. The van der Waals surface area contributed by atoms with Crippen molar-refractivity contribution in [2.24, 2.45) is 35.5 Å². The van der Waals surface area contributed by atoms with E-state index in [2.05, 4.69) is 35.0 Å². The lowest BCUT2D eigenvalue weighted by Crippen LogP contribution is -2.50. The minimum Gasteiger partial charge on any atom is -0.476 e. The number of nitrogens with zero attached hydrogens (tertiary/aromatic N) is 6. The summed E-state index contributed by atoms with van der Waals surface area (Å²) in [5.41, 5.74) is -1.89. The number of aromatic carboxylic acids is 1. The smallest absolute Gasteiger partial charge is 0.407 e. The molecule has 2 fully saturated rings. The number of aromatic nitrogens is 2. The number of nitrogens with one attached hydrogen (secondary N) is 2. The molecule has 2 aliphatic rings. The SMILES string of the molecule is CC(=O)Oc1c(F)c(F)c(F)c(F)c1F.CCNC(=O)O[C@H](C[C@H](C(C)C)N(C)C(=O)[C@@H](CC(=O)[C@@]1(C)CCCN1C)[C@@H](C)CC)c1nc(C(=O)O)cs1.CCNC(=O)O[C@H](C[C@H](C(C)C)N(C)C(=O)[C@@H](CC(=O)[C@@]1(C)CCCN1C)[C@@H](C)CC)c1nc(C(=O)Oc2c(F)c(F)c(F)c(F)c2F)cs1. The summed E-state index contributed by atoms with van der Waals surface area (Å²) in [6.45, 7) is 25.9. The van der Waals surface area contributed by atoms with Gasteiger partial charge in [0.1, 0.15) is 10.0 Å². The largest absolute Gasteiger partial charge is 0.476 e. The highest BCUT2D eigenvalue weighted by Gasteiger charge is 2.46. The summed E-state index contributed by atoms with van der Waals surface area (Å²) in [4.78, 5) is 130. The van der Waals surface area contributed by atoms with Gasteiger partial charge in [-0.05, 0) is 104 Å². The molecule has 34 heteroatoms. The topological polar surface area (TPSA) is 274 Å². The van der Waals surface area contributed by atoms with Crippen molar-refractivity contribution in [2.45, 2.75) is 190 Å². The van der Waals surface area contributed by atoms with Gasteiger partial charge in [0.2, 0.25) is 81.5 Å². The average Bonchev–Trinajstić information content (AvgIpc) is 1.43. The first-order valence-electron chi connectivity index (χ1n) is 34.0. The molecule has 0 radical (unpaired) electrons. The van der Waals surface area contributed by atoms with Gasteiger partial charge in [-0.2, -0.15) is 17.6 Å². The van der Waals surface area contributed by atoms with Gasteiger partial charge < -0.3 is 44.5 Å². The lowest BCUT2D eigenvalue weighted by Gasteiger charge is -2.38. The van der Waals surface area contributed by atoms with E-state index in [0.717, 1.165) is 73.8 Å². The molecule has 4 aromatic rings. The van der Waals surface area contributed by atoms with Crippen molar-refractivity contribution in [3.63, 3.8) is 0 Å². The molecule has 3 N–H and O–H groups in total. The Hall–Kier alpha value is -7.85. The summed E-state index contributed by atoms with van der Waals surface area (Å²) in [5, 5.41) is 17.4. The van der Waals surface area contributed by atoms with Gasteiger partial charge in [0, 0.05) is 94.5 Å². The predicted octanol–water partition coefficient (Wildman–Crippen LogP) is 13.7. The third-order valence-electron chi connectivity index (χ3n) is 19.4. The molecule has 6 rings (SSSR count). The van der Waals surface area contributed by atoms with Crippen LogP contribution in [0.15, 0.2) is 10.8 Å². The molecule has 0 aliphatic carbocycles. The Labute approximate surface area is 606 Å². The fourth-order valence-electron chi connectivity index (χ4n) is 12.1. The van der Waals surface area contributed by atoms with E-state index in [1.165, 1.54) is 5.38 Å². The van der Waals surface area contributed by atoms with Crippen molar-refractivity contribution >= 4 is 76.1 Å². The van der Waals surface area contributed by atoms with Crippen LogP contribution in [0.5, 0.6) is 11.5 Å². The maximum absolute atomic E-state index is 14.2. The molecule has 2 aromatic carbocycles. The third-order valence-corrected chi connectivity index (χ3v) is 21.3. The Morgan fingerprint density at radius 3 is 1.16 bits per heavy atom. The fraction of sp³-hybridized carbons (Fsp3) is 0.614. The second-order valence-corrected chi connectivity index (χ2v) is 28.7. The van der Waals surface area contributed by atoms with Crippen LogP contribution >= 0.6 is 22.7 Å². The number of carbonyl (C=O) groups is 9.